The van der Waals surface area contributed by atoms with Gasteiger partial charge in [0, 0.05) is 50.2 Å². The first kappa shape index (κ1) is 20.0. The lowest BCUT2D eigenvalue weighted by atomic mass is 10.2. The molecule has 29 heavy (non-hydrogen) atoms. The molecule has 0 aliphatic carbocycles. The van der Waals surface area contributed by atoms with E-state index in [1.807, 2.05) is 24.3 Å². The SMILES string of the molecule is O=C(NCCCN1CCN(Cc2ccccc2)CC1)c1[nH]c2ccccc2c1Cl. The van der Waals surface area contributed by atoms with Crippen molar-refractivity contribution in [3.63, 3.8) is 0 Å². The molecule has 1 aliphatic rings. The topological polar surface area (TPSA) is 51.4 Å². The van der Waals surface area contributed by atoms with Crippen molar-refractivity contribution in [2.45, 2.75) is 13.0 Å². The summed E-state index contributed by atoms with van der Waals surface area (Å²) in [6.45, 7) is 7.01. The maximum atomic E-state index is 12.5. The fourth-order valence-electron chi connectivity index (χ4n) is 3.87. The number of aromatic amines is 1. The van der Waals surface area contributed by atoms with E-state index in [2.05, 4.69) is 50.4 Å². The van der Waals surface area contributed by atoms with Crippen molar-refractivity contribution in [2.75, 3.05) is 39.3 Å². The van der Waals surface area contributed by atoms with Gasteiger partial charge in [-0.15, -0.1) is 0 Å². The number of benzene rings is 2. The van der Waals surface area contributed by atoms with Gasteiger partial charge in [-0.2, -0.15) is 0 Å². The Hall–Kier alpha value is -2.34. The Morgan fingerprint density at radius 3 is 2.41 bits per heavy atom. The molecule has 1 saturated heterocycles. The number of H-pyrrole nitrogens is 1. The summed E-state index contributed by atoms with van der Waals surface area (Å²) in [4.78, 5) is 20.6. The first-order chi connectivity index (χ1) is 14.2. The zero-order chi connectivity index (χ0) is 20.1. The maximum Gasteiger partial charge on any atom is 0.269 e. The van der Waals surface area contributed by atoms with Crippen LogP contribution < -0.4 is 5.32 Å². The van der Waals surface area contributed by atoms with E-state index in [-0.39, 0.29) is 5.91 Å². The summed E-state index contributed by atoms with van der Waals surface area (Å²) in [6.07, 6.45) is 0.933. The van der Waals surface area contributed by atoms with Crippen LogP contribution in [-0.2, 0) is 6.54 Å². The van der Waals surface area contributed by atoms with Crippen molar-refractivity contribution in [1.82, 2.24) is 20.1 Å². The zero-order valence-corrected chi connectivity index (χ0v) is 17.3. The van der Waals surface area contributed by atoms with Gasteiger partial charge in [0.05, 0.1) is 5.02 Å². The lowest BCUT2D eigenvalue weighted by Crippen LogP contribution is -2.46. The maximum absolute atomic E-state index is 12.5. The van der Waals surface area contributed by atoms with Crippen LogP contribution in [0.3, 0.4) is 0 Å². The average molecular weight is 411 g/mol. The molecule has 1 fully saturated rings. The monoisotopic (exact) mass is 410 g/mol. The smallest absolute Gasteiger partial charge is 0.269 e. The van der Waals surface area contributed by atoms with Gasteiger partial charge in [-0.05, 0) is 24.6 Å². The van der Waals surface area contributed by atoms with E-state index in [1.54, 1.807) is 0 Å². The standard InChI is InChI=1S/C23H27ClN4O/c24-21-19-9-4-5-10-20(19)26-22(21)23(29)25-11-6-12-27-13-15-28(16-14-27)17-18-7-2-1-3-8-18/h1-5,7-10,26H,6,11-17H2,(H,25,29). The van der Waals surface area contributed by atoms with Crippen LogP contribution in [0.1, 0.15) is 22.5 Å². The van der Waals surface area contributed by atoms with Gasteiger partial charge < -0.3 is 15.2 Å². The van der Waals surface area contributed by atoms with Gasteiger partial charge in [0.15, 0.2) is 0 Å². The van der Waals surface area contributed by atoms with Crippen molar-refractivity contribution in [1.29, 1.82) is 0 Å². The van der Waals surface area contributed by atoms with E-state index in [1.165, 1.54) is 5.56 Å². The van der Waals surface area contributed by atoms with Crippen LogP contribution in [0.2, 0.25) is 5.02 Å². The van der Waals surface area contributed by atoms with Gasteiger partial charge in [0.2, 0.25) is 0 Å². The molecule has 1 aliphatic heterocycles. The third-order valence-electron chi connectivity index (χ3n) is 5.52. The van der Waals surface area contributed by atoms with Gasteiger partial charge in [0.25, 0.3) is 5.91 Å². The van der Waals surface area contributed by atoms with Crippen LogP contribution in [0.25, 0.3) is 10.9 Å². The average Bonchev–Trinajstić information content (AvgIpc) is 3.10. The number of halogens is 1. The molecule has 0 bridgehead atoms. The molecule has 3 aromatic rings. The highest BCUT2D eigenvalue weighted by atomic mass is 35.5. The van der Waals surface area contributed by atoms with Crippen LogP contribution in [0.4, 0.5) is 0 Å². The van der Waals surface area contributed by atoms with E-state index in [9.17, 15) is 4.79 Å². The van der Waals surface area contributed by atoms with Gasteiger partial charge in [-0.3, -0.25) is 9.69 Å². The van der Waals surface area contributed by atoms with Crippen molar-refractivity contribution in [3.05, 3.63) is 70.9 Å². The third kappa shape index (κ3) is 4.99. The Labute approximate surface area is 176 Å². The Morgan fingerprint density at radius 1 is 0.966 bits per heavy atom. The number of aromatic nitrogens is 1. The van der Waals surface area contributed by atoms with E-state index < -0.39 is 0 Å². The summed E-state index contributed by atoms with van der Waals surface area (Å²) >= 11 is 6.35. The fraction of sp³-hybridized carbons (Fsp3) is 0.348. The normalized spacial score (nSPS) is 15.6. The zero-order valence-electron chi connectivity index (χ0n) is 16.5. The molecule has 1 amide bonds. The van der Waals surface area contributed by atoms with E-state index >= 15 is 0 Å². The molecular formula is C23H27ClN4O. The predicted octanol–water partition coefficient (Wildman–Crippen LogP) is 3.76. The summed E-state index contributed by atoms with van der Waals surface area (Å²) in [7, 11) is 0. The number of nitrogens with one attached hydrogen (secondary N) is 2. The minimum atomic E-state index is -0.140. The molecule has 1 aromatic heterocycles. The summed E-state index contributed by atoms with van der Waals surface area (Å²) in [5, 5.41) is 4.37. The van der Waals surface area contributed by atoms with Crippen molar-refractivity contribution in [3.8, 4) is 0 Å². The first-order valence-corrected chi connectivity index (χ1v) is 10.6. The van der Waals surface area contributed by atoms with Gasteiger partial charge in [-0.1, -0.05) is 60.1 Å². The molecule has 2 aromatic carbocycles. The number of carbonyl (C=O) groups excluding carboxylic acids is 1. The highest BCUT2D eigenvalue weighted by molar-refractivity contribution is 6.38. The second kappa shape index (κ2) is 9.44. The number of para-hydroxylation sites is 1. The van der Waals surface area contributed by atoms with E-state index in [0.717, 1.165) is 56.6 Å². The molecular weight excluding hydrogens is 384 g/mol. The number of piperazine rings is 1. The molecule has 0 radical (unpaired) electrons. The summed E-state index contributed by atoms with van der Waals surface area (Å²) < 4.78 is 0. The minimum Gasteiger partial charge on any atom is -0.351 e. The molecule has 4 rings (SSSR count). The van der Waals surface area contributed by atoms with Gasteiger partial charge >= 0.3 is 0 Å². The van der Waals surface area contributed by atoms with Crippen LogP contribution in [-0.4, -0.2) is 60.0 Å². The molecule has 6 heteroatoms. The molecule has 0 unspecified atom stereocenters. The summed E-state index contributed by atoms with van der Waals surface area (Å²) in [5.41, 5.74) is 2.71. The minimum absolute atomic E-state index is 0.140. The lowest BCUT2D eigenvalue weighted by molar-refractivity contribution is 0.0943. The lowest BCUT2D eigenvalue weighted by Gasteiger charge is -2.34. The van der Waals surface area contributed by atoms with Gasteiger partial charge in [0.1, 0.15) is 5.69 Å². The quantitative estimate of drug-likeness (QED) is 0.583. The fourth-order valence-corrected chi connectivity index (χ4v) is 4.17. The van der Waals surface area contributed by atoms with Crippen LogP contribution in [0, 0.1) is 0 Å². The molecule has 2 heterocycles. The Bertz CT molecular complexity index is 948. The molecule has 152 valence electrons. The molecule has 2 N–H and O–H groups in total. The largest absolute Gasteiger partial charge is 0.351 e. The summed E-state index contributed by atoms with van der Waals surface area (Å²) in [5.74, 6) is -0.140. The highest BCUT2D eigenvalue weighted by Crippen LogP contribution is 2.26. The van der Waals surface area contributed by atoms with Crippen LogP contribution in [0.15, 0.2) is 54.6 Å². The number of amides is 1. The number of carbonyl (C=O) groups is 1. The number of rotatable bonds is 7. The second-order valence-corrected chi connectivity index (χ2v) is 7.95. The van der Waals surface area contributed by atoms with Crippen molar-refractivity contribution < 1.29 is 4.79 Å². The highest BCUT2D eigenvalue weighted by Gasteiger charge is 2.18. The van der Waals surface area contributed by atoms with Gasteiger partial charge in [-0.25, -0.2) is 0 Å². The van der Waals surface area contributed by atoms with Crippen LogP contribution in [0.5, 0.6) is 0 Å². The Morgan fingerprint density at radius 2 is 1.66 bits per heavy atom. The number of fused-ring (bicyclic) bond motifs is 1. The van der Waals surface area contributed by atoms with Crippen LogP contribution >= 0.6 is 11.6 Å². The molecule has 0 atom stereocenters. The van der Waals surface area contributed by atoms with E-state index in [0.29, 0.717) is 17.3 Å². The molecule has 0 saturated carbocycles. The number of nitrogens with zero attached hydrogens (tertiary/aromatic N) is 2. The Kier molecular flexibility index (Phi) is 6.49. The molecule has 5 nitrogen and oxygen atoms in total. The predicted molar refractivity (Wildman–Crippen MR) is 118 cm³/mol. The second-order valence-electron chi connectivity index (χ2n) is 7.57. The van der Waals surface area contributed by atoms with Crippen molar-refractivity contribution >= 4 is 28.4 Å². The summed E-state index contributed by atoms with van der Waals surface area (Å²) in [6, 6.07) is 18.3. The third-order valence-corrected chi connectivity index (χ3v) is 5.91. The van der Waals surface area contributed by atoms with E-state index in [4.69, 9.17) is 11.6 Å². The first-order valence-electron chi connectivity index (χ1n) is 10.2. The number of hydrogen-bond acceptors (Lipinski definition) is 3. The Balaban J connectivity index is 1.17. The number of hydrogen-bond donors (Lipinski definition) is 2. The molecule has 0 spiro atoms. The van der Waals surface area contributed by atoms with Crippen molar-refractivity contribution in [2.24, 2.45) is 0 Å².